The quantitative estimate of drug-likeness (QED) is 0.716. The van der Waals surface area contributed by atoms with Gasteiger partial charge in [0.15, 0.2) is 0 Å². The third-order valence-corrected chi connectivity index (χ3v) is 5.20. The Hall–Kier alpha value is -2.14. The molecule has 140 valence electrons. The second-order valence-corrected chi connectivity index (χ2v) is 8.04. The third-order valence-electron chi connectivity index (χ3n) is 4.33. The highest BCUT2D eigenvalue weighted by Crippen LogP contribution is 2.24. The zero-order valence-electron chi connectivity index (χ0n) is 15.9. The van der Waals surface area contributed by atoms with Gasteiger partial charge in [-0.1, -0.05) is 58.0 Å². The van der Waals surface area contributed by atoms with E-state index in [1.807, 2.05) is 11.4 Å². The second-order valence-electron chi connectivity index (χ2n) is 7.09. The van der Waals surface area contributed by atoms with E-state index in [4.69, 9.17) is 0 Å². The van der Waals surface area contributed by atoms with E-state index in [1.165, 1.54) is 16.9 Å². The van der Waals surface area contributed by atoms with Gasteiger partial charge in [-0.3, -0.25) is 9.59 Å². The molecule has 0 fully saturated rings. The zero-order chi connectivity index (χ0) is 19.1. The van der Waals surface area contributed by atoms with Gasteiger partial charge in [0.1, 0.15) is 0 Å². The average molecular weight is 373 g/mol. The maximum Gasteiger partial charge on any atom is 0.261 e. The summed E-state index contributed by atoms with van der Waals surface area (Å²) in [6.45, 7) is 8.86. The van der Waals surface area contributed by atoms with Crippen molar-refractivity contribution in [1.29, 1.82) is 0 Å². The summed E-state index contributed by atoms with van der Waals surface area (Å²) in [5.74, 6) is 0.591. The molecule has 4 nitrogen and oxygen atoms in total. The molecule has 0 aliphatic carbocycles. The predicted octanol–water partition coefficient (Wildman–Crippen LogP) is 4.50. The Morgan fingerprint density at radius 2 is 1.65 bits per heavy atom. The van der Waals surface area contributed by atoms with Crippen LogP contribution < -0.4 is 10.6 Å². The molecule has 2 aromatic rings. The Kier molecular flexibility index (Phi) is 7.39. The van der Waals surface area contributed by atoms with Gasteiger partial charge in [0.05, 0.1) is 10.9 Å². The molecule has 1 aromatic heterocycles. The minimum absolute atomic E-state index is 0.0308. The molecule has 0 spiro atoms. The van der Waals surface area contributed by atoms with Crippen molar-refractivity contribution < 1.29 is 9.59 Å². The Morgan fingerprint density at radius 3 is 2.19 bits per heavy atom. The number of amides is 2. The van der Waals surface area contributed by atoms with E-state index in [0.717, 1.165) is 5.56 Å². The van der Waals surface area contributed by atoms with Gasteiger partial charge in [-0.05, 0) is 34.4 Å². The third kappa shape index (κ3) is 5.70. The maximum absolute atomic E-state index is 12.3. The Bertz CT molecular complexity index is 706. The summed E-state index contributed by atoms with van der Waals surface area (Å²) in [7, 11) is 0. The van der Waals surface area contributed by atoms with Crippen molar-refractivity contribution >= 4 is 23.2 Å². The van der Waals surface area contributed by atoms with Gasteiger partial charge in [-0.2, -0.15) is 0 Å². The summed E-state index contributed by atoms with van der Waals surface area (Å²) in [6, 6.07) is 12.0. The van der Waals surface area contributed by atoms with E-state index < -0.39 is 0 Å². The minimum Gasteiger partial charge on any atom is -0.351 e. The SMILES string of the molecule is CC(C)c1ccc(C(NC(=O)CCNC(=O)c2cccs2)C(C)C)cc1. The fraction of sp³-hybridized carbons (Fsp3) is 0.429. The summed E-state index contributed by atoms with van der Waals surface area (Å²) >= 11 is 1.39. The minimum atomic E-state index is -0.127. The molecule has 26 heavy (non-hydrogen) atoms. The van der Waals surface area contributed by atoms with E-state index in [-0.39, 0.29) is 30.2 Å². The number of carbonyl (C=O) groups excluding carboxylic acids is 2. The molecule has 0 bridgehead atoms. The molecule has 1 aromatic carbocycles. The summed E-state index contributed by atoms with van der Waals surface area (Å²) in [5, 5.41) is 7.75. The highest BCUT2D eigenvalue weighted by atomic mass is 32.1. The van der Waals surface area contributed by atoms with E-state index >= 15 is 0 Å². The fourth-order valence-corrected chi connectivity index (χ4v) is 3.39. The number of thiophene rings is 1. The highest BCUT2D eigenvalue weighted by molar-refractivity contribution is 7.12. The lowest BCUT2D eigenvalue weighted by Gasteiger charge is -2.23. The highest BCUT2D eigenvalue weighted by Gasteiger charge is 2.18. The average Bonchev–Trinajstić information content (AvgIpc) is 3.14. The molecule has 0 saturated carbocycles. The molecule has 1 atom stereocenters. The van der Waals surface area contributed by atoms with Crippen LogP contribution in [0.15, 0.2) is 41.8 Å². The molecular weight excluding hydrogens is 344 g/mol. The largest absolute Gasteiger partial charge is 0.351 e. The van der Waals surface area contributed by atoms with Gasteiger partial charge in [0.2, 0.25) is 5.91 Å². The van der Waals surface area contributed by atoms with Crippen LogP contribution in [0.1, 0.15) is 66.9 Å². The van der Waals surface area contributed by atoms with E-state index in [2.05, 4.69) is 62.6 Å². The predicted molar refractivity (Wildman–Crippen MR) is 108 cm³/mol. The van der Waals surface area contributed by atoms with Gasteiger partial charge < -0.3 is 10.6 Å². The molecule has 2 N–H and O–H groups in total. The second kappa shape index (κ2) is 9.53. The molecule has 1 unspecified atom stereocenters. The van der Waals surface area contributed by atoms with Crippen LogP contribution in [-0.4, -0.2) is 18.4 Å². The molecule has 0 aliphatic heterocycles. The number of hydrogen-bond acceptors (Lipinski definition) is 3. The number of hydrogen-bond donors (Lipinski definition) is 2. The van der Waals surface area contributed by atoms with Crippen molar-refractivity contribution in [3.05, 3.63) is 57.8 Å². The first kappa shape index (κ1) is 20.2. The molecule has 2 rings (SSSR count). The molecular formula is C21H28N2O2S. The lowest BCUT2D eigenvalue weighted by molar-refractivity contribution is -0.122. The monoisotopic (exact) mass is 372 g/mol. The van der Waals surface area contributed by atoms with Gasteiger partial charge in [0, 0.05) is 13.0 Å². The lowest BCUT2D eigenvalue weighted by atomic mass is 9.93. The molecule has 0 aliphatic rings. The Balaban J connectivity index is 1.88. The summed E-state index contributed by atoms with van der Waals surface area (Å²) in [6.07, 6.45) is 0.268. The molecule has 2 amide bonds. The van der Waals surface area contributed by atoms with Crippen LogP contribution in [0, 0.1) is 5.92 Å². The molecule has 5 heteroatoms. The fourth-order valence-electron chi connectivity index (χ4n) is 2.75. The Labute approximate surface area is 160 Å². The first-order valence-electron chi connectivity index (χ1n) is 9.09. The van der Waals surface area contributed by atoms with Crippen molar-refractivity contribution in [2.24, 2.45) is 5.92 Å². The van der Waals surface area contributed by atoms with Crippen molar-refractivity contribution in [3.8, 4) is 0 Å². The van der Waals surface area contributed by atoms with Crippen LogP contribution in [0.3, 0.4) is 0 Å². The molecule has 0 saturated heterocycles. The number of benzene rings is 1. The number of carbonyl (C=O) groups is 2. The smallest absolute Gasteiger partial charge is 0.261 e. The number of nitrogens with one attached hydrogen (secondary N) is 2. The first-order chi connectivity index (χ1) is 12.4. The maximum atomic E-state index is 12.3. The van der Waals surface area contributed by atoms with Gasteiger partial charge in [-0.25, -0.2) is 0 Å². The van der Waals surface area contributed by atoms with Crippen LogP contribution in [0.5, 0.6) is 0 Å². The van der Waals surface area contributed by atoms with Crippen LogP contribution in [0.4, 0.5) is 0 Å². The van der Waals surface area contributed by atoms with Gasteiger partial charge in [-0.15, -0.1) is 11.3 Å². The van der Waals surface area contributed by atoms with Crippen LogP contribution in [-0.2, 0) is 4.79 Å². The normalized spacial score (nSPS) is 12.2. The van der Waals surface area contributed by atoms with Crippen LogP contribution in [0.2, 0.25) is 0 Å². The zero-order valence-corrected chi connectivity index (χ0v) is 16.7. The summed E-state index contributed by atoms with van der Waals surface area (Å²) in [4.78, 5) is 24.9. The Morgan fingerprint density at radius 1 is 1.00 bits per heavy atom. The van der Waals surface area contributed by atoms with E-state index in [1.54, 1.807) is 6.07 Å². The van der Waals surface area contributed by atoms with Crippen LogP contribution >= 0.6 is 11.3 Å². The van der Waals surface area contributed by atoms with Crippen LogP contribution in [0.25, 0.3) is 0 Å². The summed E-state index contributed by atoms with van der Waals surface area (Å²) in [5.41, 5.74) is 2.40. The van der Waals surface area contributed by atoms with E-state index in [9.17, 15) is 9.59 Å². The van der Waals surface area contributed by atoms with E-state index in [0.29, 0.717) is 17.3 Å². The summed E-state index contributed by atoms with van der Waals surface area (Å²) < 4.78 is 0. The number of rotatable bonds is 8. The molecule has 1 heterocycles. The van der Waals surface area contributed by atoms with Gasteiger partial charge in [0.25, 0.3) is 5.91 Å². The molecule has 0 radical (unpaired) electrons. The van der Waals surface area contributed by atoms with Crippen molar-refractivity contribution in [3.63, 3.8) is 0 Å². The van der Waals surface area contributed by atoms with Crippen molar-refractivity contribution in [2.75, 3.05) is 6.54 Å². The van der Waals surface area contributed by atoms with Crippen molar-refractivity contribution in [1.82, 2.24) is 10.6 Å². The first-order valence-corrected chi connectivity index (χ1v) is 9.97. The lowest BCUT2D eigenvalue weighted by Crippen LogP contribution is -2.34. The standard InChI is InChI=1S/C21H28N2O2S/c1-14(2)16-7-9-17(10-8-16)20(15(3)4)23-19(24)11-12-22-21(25)18-6-5-13-26-18/h5-10,13-15,20H,11-12H2,1-4H3,(H,22,25)(H,23,24). The van der Waals surface area contributed by atoms with Gasteiger partial charge >= 0.3 is 0 Å². The van der Waals surface area contributed by atoms with Crippen molar-refractivity contribution in [2.45, 2.75) is 46.1 Å². The topological polar surface area (TPSA) is 58.2 Å².